The highest BCUT2D eigenvalue weighted by Crippen LogP contribution is 2.17. The first-order chi connectivity index (χ1) is 11.4. The molecule has 1 aromatic carbocycles. The molecule has 0 fully saturated rings. The van der Waals surface area contributed by atoms with Gasteiger partial charge in [-0.25, -0.2) is 13.4 Å². The van der Waals surface area contributed by atoms with Crippen LogP contribution in [0.3, 0.4) is 0 Å². The van der Waals surface area contributed by atoms with E-state index in [2.05, 4.69) is 15.0 Å². The third kappa shape index (κ3) is 5.29. The van der Waals surface area contributed by atoms with Crippen LogP contribution in [0.1, 0.15) is 28.8 Å². The number of amides is 1. The van der Waals surface area contributed by atoms with Gasteiger partial charge in [-0.15, -0.1) is 11.3 Å². The predicted octanol–water partition coefficient (Wildman–Crippen LogP) is 2.05. The van der Waals surface area contributed by atoms with Crippen molar-refractivity contribution in [2.24, 2.45) is 5.73 Å². The van der Waals surface area contributed by atoms with Crippen molar-refractivity contribution < 1.29 is 13.2 Å². The molecule has 2 aromatic rings. The normalized spacial score (nSPS) is 11.2. The molecule has 0 saturated carbocycles. The molecule has 130 valence electrons. The smallest absolute Gasteiger partial charge is 0.275 e. The third-order valence-corrected chi connectivity index (χ3v) is 5.43. The summed E-state index contributed by atoms with van der Waals surface area (Å²) in [5.41, 5.74) is 6.83. The number of anilines is 2. The van der Waals surface area contributed by atoms with Crippen molar-refractivity contribution in [3.05, 3.63) is 40.3 Å². The van der Waals surface area contributed by atoms with Crippen LogP contribution in [0.4, 0.5) is 11.4 Å². The molecule has 2 rings (SSSR count). The summed E-state index contributed by atoms with van der Waals surface area (Å²) in [4.78, 5) is 16.3. The summed E-state index contributed by atoms with van der Waals surface area (Å²) in [7, 11) is -3.32. The lowest BCUT2D eigenvalue weighted by Gasteiger charge is -2.08. The van der Waals surface area contributed by atoms with Crippen LogP contribution in [-0.4, -0.2) is 31.6 Å². The van der Waals surface area contributed by atoms with Gasteiger partial charge in [-0.3, -0.25) is 9.52 Å². The molecule has 24 heavy (non-hydrogen) atoms. The Kier molecular flexibility index (Phi) is 6.29. The average Bonchev–Trinajstić information content (AvgIpc) is 2.98. The minimum atomic E-state index is -3.32. The van der Waals surface area contributed by atoms with Gasteiger partial charge in [0, 0.05) is 23.2 Å². The number of nitrogens with one attached hydrogen (secondary N) is 2. The maximum atomic E-state index is 12.1. The average molecular weight is 368 g/mol. The van der Waals surface area contributed by atoms with Gasteiger partial charge in [-0.1, -0.05) is 6.92 Å². The monoisotopic (exact) mass is 368 g/mol. The van der Waals surface area contributed by atoms with Crippen LogP contribution in [0, 0.1) is 0 Å². The highest BCUT2D eigenvalue weighted by molar-refractivity contribution is 7.92. The number of thiazole rings is 1. The van der Waals surface area contributed by atoms with Crippen molar-refractivity contribution in [1.29, 1.82) is 0 Å². The van der Waals surface area contributed by atoms with E-state index < -0.39 is 10.0 Å². The van der Waals surface area contributed by atoms with Crippen molar-refractivity contribution in [3.63, 3.8) is 0 Å². The number of nitrogens with zero attached hydrogens (tertiary/aromatic N) is 1. The maximum absolute atomic E-state index is 12.1. The summed E-state index contributed by atoms with van der Waals surface area (Å²) in [5.74, 6) is -0.241. The van der Waals surface area contributed by atoms with E-state index in [9.17, 15) is 13.2 Å². The zero-order valence-corrected chi connectivity index (χ0v) is 14.9. The van der Waals surface area contributed by atoms with Crippen molar-refractivity contribution in [1.82, 2.24) is 4.98 Å². The van der Waals surface area contributed by atoms with Gasteiger partial charge in [0.15, 0.2) is 0 Å². The lowest BCUT2D eigenvalue weighted by Crippen LogP contribution is -2.16. The predicted molar refractivity (Wildman–Crippen MR) is 97.0 cm³/mol. The number of hydrogen-bond donors (Lipinski definition) is 3. The quantitative estimate of drug-likeness (QED) is 0.660. The van der Waals surface area contributed by atoms with Gasteiger partial charge in [0.1, 0.15) is 5.69 Å². The molecule has 7 nitrogen and oxygen atoms in total. The molecular formula is C15H20N4O3S2. The highest BCUT2D eigenvalue weighted by atomic mass is 32.2. The minimum Gasteiger partial charge on any atom is -0.330 e. The largest absolute Gasteiger partial charge is 0.330 e. The van der Waals surface area contributed by atoms with Crippen LogP contribution >= 0.6 is 11.3 Å². The van der Waals surface area contributed by atoms with E-state index >= 15 is 0 Å². The first-order valence-electron chi connectivity index (χ1n) is 7.50. The van der Waals surface area contributed by atoms with Crippen LogP contribution in [0.15, 0.2) is 29.6 Å². The van der Waals surface area contributed by atoms with Crippen LogP contribution in [0.2, 0.25) is 0 Å². The van der Waals surface area contributed by atoms with E-state index in [4.69, 9.17) is 5.73 Å². The van der Waals surface area contributed by atoms with Crippen molar-refractivity contribution in [2.45, 2.75) is 19.8 Å². The Morgan fingerprint density at radius 2 is 1.92 bits per heavy atom. The molecule has 9 heteroatoms. The van der Waals surface area contributed by atoms with Crippen molar-refractivity contribution in [2.75, 3.05) is 22.3 Å². The van der Waals surface area contributed by atoms with Gasteiger partial charge < -0.3 is 11.1 Å². The molecular weight excluding hydrogens is 348 g/mol. The SMILES string of the molecule is CCCS(=O)(=O)Nc1ccc(NC(=O)c2csc(CCN)n2)cc1. The van der Waals surface area contributed by atoms with Crippen molar-refractivity contribution in [3.8, 4) is 0 Å². The topological polar surface area (TPSA) is 114 Å². The number of rotatable bonds is 8. The fourth-order valence-electron chi connectivity index (χ4n) is 1.97. The Labute approximate surface area is 145 Å². The van der Waals surface area contributed by atoms with E-state index in [0.29, 0.717) is 36.5 Å². The molecule has 0 atom stereocenters. The second-order valence-electron chi connectivity index (χ2n) is 5.12. The molecule has 0 unspecified atom stereocenters. The summed E-state index contributed by atoms with van der Waals surface area (Å²) in [6.45, 7) is 2.29. The molecule has 1 amide bonds. The summed E-state index contributed by atoms with van der Waals surface area (Å²) in [6, 6.07) is 6.47. The summed E-state index contributed by atoms with van der Waals surface area (Å²) in [5, 5.41) is 5.24. The molecule has 4 N–H and O–H groups in total. The number of carbonyl (C=O) groups is 1. The third-order valence-electron chi connectivity index (χ3n) is 3.03. The summed E-state index contributed by atoms with van der Waals surface area (Å²) >= 11 is 1.40. The fraction of sp³-hybridized carbons (Fsp3) is 0.333. The van der Waals surface area contributed by atoms with E-state index in [1.165, 1.54) is 11.3 Å². The molecule has 0 saturated heterocycles. The lowest BCUT2D eigenvalue weighted by atomic mass is 10.3. The molecule has 0 radical (unpaired) electrons. The van der Waals surface area contributed by atoms with Gasteiger partial charge in [0.05, 0.1) is 10.8 Å². The summed E-state index contributed by atoms with van der Waals surface area (Å²) < 4.78 is 25.9. The van der Waals surface area contributed by atoms with Crippen LogP contribution < -0.4 is 15.8 Å². The molecule has 0 aliphatic carbocycles. The van der Waals surface area contributed by atoms with Gasteiger partial charge in [0.2, 0.25) is 10.0 Å². The first kappa shape index (κ1) is 18.4. The highest BCUT2D eigenvalue weighted by Gasteiger charge is 2.12. The lowest BCUT2D eigenvalue weighted by molar-refractivity contribution is 0.102. The first-order valence-corrected chi connectivity index (χ1v) is 10.0. The fourth-order valence-corrected chi connectivity index (χ4v) is 3.90. The van der Waals surface area contributed by atoms with Gasteiger partial charge >= 0.3 is 0 Å². The summed E-state index contributed by atoms with van der Waals surface area (Å²) in [6.07, 6.45) is 1.19. The molecule has 1 heterocycles. The Morgan fingerprint density at radius 1 is 1.25 bits per heavy atom. The molecule has 0 spiro atoms. The Hall–Kier alpha value is -1.97. The number of hydrogen-bond acceptors (Lipinski definition) is 6. The van der Waals surface area contributed by atoms with Gasteiger partial charge in [-0.05, 0) is 37.2 Å². The number of aromatic nitrogens is 1. The number of carbonyl (C=O) groups excluding carboxylic acids is 1. The second kappa shape index (κ2) is 8.22. The molecule has 1 aromatic heterocycles. The van der Waals surface area contributed by atoms with Crippen LogP contribution in [0.25, 0.3) is 0 Å². The Bertz CT molecular complexity index is 785. The number of sulfonamides is 1. The number of nitrogens with two attached hydrogens (primary N) is 1. The Morgan fingerprint density at radius 3 is 2.54 bits per heavy atom. The van der Waals surface area contributed by atoms with Gasteiger partial charge in [-0.2, -0.15) is 0 Å². The van der Waals surface area contributed by atoms with E-state index in [0.717, 1.165) is 5.01 Å². The zero-order chi connectivity index (χ0) is 17.6. The zero-order valence-electron chi connectivity index (χ0n) is 13.3. The van der Waals surface area contributed by atoms with E-state index in [-0.39, 0.29) is 11.7 Å². The van der Waals surface area contributed by atoms with Crippen LogP contribution in [0.5, 0.6) is 0 Å². The van der Waals surface area contributed by atoms with E-state index in [1.807, 2.05) is 0 Å². The minimum absolute atomic E-state index is 0.0699. The van der Waals surface area contributed by atoms with Crippen LogP contribution in [-0.2, 0) is 16.4 Å². The molecule has 0 bridgehead atoms. The standard InChI is InChI=1S/C15H20N4O3S2/c1-2-9-24(21,22)19-12-5-3-11(4-6-12)17-15(20)13-10-23-14(18-13)7-8-16/h3-6,10,19H,2,7-9,16H2,1H3,(H,17,20). The Balaban J connectivity index is 1.99. The molecule has 0 aliphatic rings. The van der Waals surface area contributed by atoms with Gasteiger partial charge in [0.25, 0.3) is 5.91 Å². The maximum Gasteiger partial charge on any atom is 0.275 e. The van der Waals surface area contributed by atoms with E-state index in [1.54, 1.807) is 36.6 Å². The van der Waals surface area contributed by atoms with Crippen molar-refractivity contribution >= 4 is 38.6 Å². The second-order valence-corrected chi connectivity index (χ2v) is 7.90. The number of benzene rings is 1. The molecule has 0 aliphatic heterocycles.